The van der Waals surface area contributed by atoms with Crippen molar-refractivity contribution >= 4 is 31.0 Å². The Kier molecular flexibility index (Phi) is 3.14. The summed E-state index contributed by atoms with van der Waals surface area (Å²) < 4.78 is 46.3. The van der Waals surface area contributed by atoms with Crippen molar-refractivity contribution in [3.63, 3.8) is 0 Å². The minimum absolute atomic E-state index is 0.0746. The first-order chi connectivity index (χ1) is 8.61. The summed E-state index contributed by atoms with van der Waals surface area (Å²) in [6.45, 7) is 0. The van der Waals surface area contributed by atoms with E-state index in [1.807, 2.05) is 0 Å². The summed E-state index contributed by atoms with van der Waals surface area (Å²) in [5.41, 5.74) is 0.700. The second-order valence-corrected chi connectivity index (χ2v) is 8.62. The summed E-state index contributed by atoms with van der Waals surface area (Å²) in [6, 6.07) is 6.31. The molecular formula is C12H12O5S2. The van der Waals surface area contributed by atoms with Gasteiger partial charge in [-0.05, 0) is 11.1 Å². The molecule has 1 aromatic rings. The topological polar surface area (TPSA) is 85.3 Å². The summed E-state index contributed by atoms with van der Waals surface area (Å²) in [6.07, 6.45) is 1.92. The Morgan fingerprint density at radius 1 is 0.947 bits per heavy atom. The summed E-state index contributed by atoms with van der Waals surface area (Å²) in [4.78, 5) is 11.7. The number of benzene rings is 1. The van der Waals surface area contributed by atoms with Crippen LogP contribution in [0.3, 0.4) is 0 Å². The molecule has 0 spiro atoms. The predicted molar refractivity (Wildman–Crippen MR) is 72.2 cm³/mol. The predicted octanol–water partition coefficient (Wildman–Crippen LogP) is 0.683. The molecule has 102 valence electrons. The van der Waals surface area contributed by atoms with Crippen molar-refractivity contribution in [3.8, 4) is 0 Å². The first kappa shape index (κ1) is 14.0. The minimum atomic E-state index is -3.78. The van der Waals surface area contributed by atoms with Crippen LogP contribution >= 0.6 is 0 Å². The van der Waals surface area contributed by atoms with Gasteiger partial charge in [-0.15, -0.1) is 0 Å². The number of hydrogen-bond donors (Lipinski definition) is 0. The van der Waals surface area contributed by atoms with E-state index >= 15 is 0 Å². The fourth-order valence-electron chi connectivity index (χ4n) is 2.12. The third-order valence-corrected chi connectivity index (χ3v) is 4.74. The van der Waals surface area contributed by atoms with E-state index in [0.717, 1.165) is 12.5 Å². The third-order valence-electron chi connectivity index (χ3n) is 2.75. The van der Waals surface area contributed by atoms with Gasteiger partial charge in [0.25, 0.3) is 0 Å². The maximum Gasteiger partial charge on any atom is 0.205 e. The van der Waals surface area contributed by atoms with Crippen molar-refractivity contribution in [1.29, 1.82) is 0 Å². The monoisotopic (exact) mass is 300 g/mol. The normalized spacial score (nSPS) is 15.8. The zero-order valence-corrected chi connectivity index (χ0v) is 12.0. The van der Waals surface area contributed by atoms with Gasteiger partial charge in [0.05, 0.1) is 5.75 Å². The molecule has 5 nitrogen and oxygen atoms in total. The van der Waals surface area contributed by atoms with Crippen LogP contribution in [0, 0.1) is 0 Å². The highest BCUT2D eigenvalue weighted by atomic mass is 32.2. The Balaban J connectivity index is 2.78. The molecule has 1 aliphatic carbocycles. The van der Waals surface area contributed by atoms with E-state index in [0.29, 0.717) is 5.56 Å². The number of rotatable bonds is 3. The maximum absolute atomic E-state index is 12.1. The van der Waals surface area contributed by atoms with Gasteiger partial charge in [-0.1, -0.05) is 24.3 Å². The molecule has 0 unspecified atom stereocenters. The fourth-order valence-corrected chi connectivity index (χ4v) is 4.12. The van der Waals surface area contributed by atoms with Gasteiger partial charge in [0, 0.05) is 18.1 Å². The molecule has 0 heterocycles. The Morgan fingerprint density at radius 2 is 1.47 bits per heavy atom. The largest absolute Gasteiger partial charge is 0.288 e. The van der Waals surface area contributed by atoms with E-state index in [9.17, 15) is 21.6 Å². The van der Waals surface area contributed by atoms with E-state index in [1.54, 1.807) is 18.2 Å². The highest BCUT2D eigenvalue weighted by molar-refractivity contribution is 7.96. The Bertz CT molecular complexity index is 798. The van der Waals surface area contributed by atoms with E-state index in [4.69, 9.17) is 0 Å². The summed E-state index contributed by atoms with van der Waals surface area (Å²) >= 11 is 0. The van der Waals surface area contributed by atoms with E-state index < -0.39 is 36.1 Å². The van der Waals surface area contributed by atoms with Gasteiger partial charge in [-0.3, -0.25) is 4.79 Å². The molecule has 0 N–H and O–H groups in total. The summed E-state index contributed by atoms with van der Waals surface area (Å²) in [5, 5.41) is 0. The molecule has 0 fully saturated rings. The van der Waals surface area contributed by atoms with Crippen LogP contribution in [0.25, 0.3) is 5.57 Å². The van der Waals surface area contributed by atoms with Crippen LogP contribution in [-0.4, -0.2) is 40.9 Å². The average molecular weight is 300 g/mol. The molecule has 0 aromatic heterocycles. The van der Waals surface area contributed by atoms with Gasteiger partial charge in [0.1, 0.15) is 4.91 Å². The van der Waals surface area contributed by atoms with Crippen molar-refractivity contribution in [2.75, 3.05) is 18.3 Å². The Hall–Kier alpha value is -1.47. The molecule has 0 aliphatic heterocycles. The van der Waals surface area contributed by atoms with Gasteiger partial charge in [-0.25, -0.2) is 16.8 Å². The molecular weight excluding hydrogens is 288 g/mol. The first-order valence-corrected chi connectivity index (χ1v) is 9.31. The third kappa shape index (κ3) is 2.62. The number of sulfone groups is 2. The lowest BCUT2D eigenvalue weighted by Crippen LogP contribution is -2.12. The van der Waals surface area contributed by atoms with Crippen molar-refractivity contribution in [2.24, 2.45) is 0 Å². The molecule has 0 atom stereocenters. The van der Waals surface area contributed by atoms with E-state index in [1.165, 1.54) is 6.07 Å². The number of allylic oxidation sites excluding steroid dienone is 1. The van der Waals surface area contributed by atoms with Crippen LogP contribution in [0.15, 0.2) is 29.2 Å². The smallest absolute Gasteiger partial charge is 0.205 e. The van der Waals surface area contributed by atoms with Crippen molar-refractivity contribution in [2.45, 2.75) is 0 Å². The molecule has 0 saturated heterocycles. The Morgan fingerprint density at radius 3 is 1.95 bits per heavy atom. The maximum atomic E-state index is 12.1. The van der Waals surface area contributed by atoms with Gasteiger partial charge in [-0.2, -0.15) is 0 Å². The van der Waals surface area contributed by atoms with Crippen LogP contribution in [-0.2, 0) is 19.7 Å². The lowest BCUT2D eigenvalue weighted by Gasteiger charge is -2.04. The van der Waals surface area contributed by atoms with Crippen LogP contribution in [0.2, 0.25) is 0 Å². The van der Waals surface area contributed by atoms with Crippen LogP contribution in [0.4, 0.5) is 0 Å². The van der Waals surface area contributed by atoms with Gasteiger partial charge in [0.15, 0.2) is 19.7 Å². The average Bonchev–Trinajstić information content (AvgIpc) is 2.50. The number of carbonyl (C=O) groups is 1. The van der Waals surface area contributed by atoms with E-state index in [-0.39, 0.29) is 11.1 Å². The molecule has 7 heteroatoms. The quantitative estimate of drug-likeness (QED) is 0.819. The molecule has 0 bridgehead atoms. The highest BCUT2D eigenvalue weighted by Gasteiger charge is 2.36. The molecule has 19 heavy (non-hydrogen) atoms. The van der Waals surface area contributed by atoms with Crippen molar-refractivity contribution in [1.82, 2.24) is 0 Å². The fraction of sp³-hybridized carbons (Fsp3) is 0.250. The molecule has 0 amide bonds. The molecule has 0 radical (unpaired) electrons. The number of carbonyl (C=O) groups excluding carboxylic acids is 1. The second kappa shape index (κ2) is 4.28. The Labute approximate surface area is 111 Å². The van der Waals surface area contributed by atoms with Crippen LogP contribution in [0.5, 0.6) is 0 Å². The lowest BCUT2D eigenvalue weighted by atomic mass is 10.1. The van der Waals surface area contributed by atoms with E-state index in [2.05, 4.69) is 0 Å². The summed E-state index contributed by atoms with van der Waals surface area (Å²) in [7, 11) is -7.22. The zero-order valence-electron chi connectivity index (χ0n) is 10.4. The minimum Gasteiger partial charge on any atom is -0.288 e. The first-order valence-electron chi connectivity index (χ1n) is 5.36. The van der Waals surface area contributed by atoms with Gasteiger partial charge in [0.2, 0.25) is 5.78 Å². The number of Topliss-reactive ketones (excluding diaryl/α,β-unsaturated/α-hetero) is 1. The number of hydrogen-bond acceptors (Lipinski definition) is 5. The van der Waals surface area contributed by atoms with Crippen LogP contribution < -0.4 is 0 Å². The standard InChI is InChI=1S/C12H12O5S2/c1-18(14,15)7-10-8-5-3-4-6-9(8)11(13)12(10)19(2,16)17/h3-6H,7H2,1-2H3. The number of ketones is 1. The van der Waals surface area contributed by atoms with Crippen molar-refractivity contribution in [3.05, 3.63) is 40.3 Å². The van der Waals surface area contributed by atoms with Crippen LogP contribution in [0.1, 0.15) is 15.9 Å². The van der Waals surface area contributed by atoms with Gasteiger partial charge < -0.3 is 0 Å². The molecule has 1 aromatic carbocycles. The number of fused-ring (bicyclic) bond motifs is 1. The summed E-state index contributed by atoms with van der Waals surface area (Å²) in [5.74, 6) is -1.09. The molecule has 0 saturated carbocycles. The van der Waals surface area contributed by atoms with Gasteiger partial charge >= 0.3 is 0 Å². The zero-order chi connectivity index (χ0) is 14.4. The highest BCUT2D eigenvalue weighted by Crippen LogP contribution is 2.35. The SMILES string of the molecule is CS(=O)(=O)CC1=C(S(C)(=O)=O)C(=O)c2ccccc21. The lowest BCUT2D eigenvalue weighted by molar-refractivity contribution is 0.104. The molecule has 1 aliphatic rings. The molecule has 2 rings (SSSR count). The second-order valence-electron chi connectivity index (χ2n) is 4.52. The van der Waals surface area contributed by atoms with Crippen molar-refractivity contribution < 1.29 is 21.6 Å².